The number of hydrogen-bond donors (Lipinski definition) is 1. The van der Waals surface area contributed by atoms with Crippen LogP contribution in [0.4, 0.5) is 4.79 Å². The average Bonchev–Trinajstić information content (AvgIpc) is 3.29. The second-order valence-electron chi connectivity index (χ2n) is 6.60. The van der Waals surface area contributed by atoms with Gasteiger partial charge in [0.05, 0.1) is 3.79 Å². The highest BCUT2D eigenvalue weighted by Crippen LogP contribution is 2.45. The maximum absolute atomic E-state index is 13.0. The first kappa shape index (κ1) is 16.1. The number of imide groups is 1. The average molecular weight is 430 g/mol. The number of urea groups is 1. The molecule has 1 aromatic carbocycles. The van der Waals surface area contributed by atoms with E-state index in [-0.39, 0.29) is 18.0 Å². The molecule has 2 aromatic heterocycles. The van der Waals surface area contributed by atoms with Crippen molar-refractivity contribution >= 4 is 50.1 Å². The number of aromatic amines is 1. The number of nitrogens with one attached hydrogen (secondary N) is 1. The number of thiophene rings is 1. The van der Waals surface area contributed by atoms with Gasteiger partial charge in [0.1, 0.15) is 12.1 Å². The van der Waals surface area contributed by atoms with Crippen LogP contribution in [0, 0.1) is 0 Å². The van der Waals surface area contributed by atoms with Crippen LogP contribution in [-0.2, 0) is 11.2 Å². The molecule has 1 N–H and O–H groups in total. The molecule has 26 heavy (non-hydrogen) atoms. The third-order valence-electron chi connectivity index (χ3n) is 5.31. The van der Waals surface area contributed by atoms with Gasteiger partial charge in [0, 0.05) is 34.4 Å². The smallest absolute Gasteiger partial charge is 0.328 e. The topological polar surface area (TPSA) is 56.4 Å². The summed E-state index contributed by atoms with van der Waals surface area (Å²) in [4.78, 5) is 33.6. The lowest BCUT2D eigenvalue weighted by atomic mass is 9.91. The molecule has 0 bridgehead atoms. The number of carbonyl (C=O) groups excluding carboxylic acids is 2. The van der Waals surface area contributed by atoms with Gasteiger partial charge in [-0.15, -0.1) is 11.3 Å². The first-order valence-corrected chi connectivity index (χ1v) is 10.2. The summed E-state index contributed by atoms with van der Waals surface area (Å²) in [5.74, 6) is -0.0888. The van der Waals surface area contributed by atoms with Crippen molar-refractivity contribution in [2.75, 3.05) is 6.54 Å². The van der Waals surface area contributed by atoms with Crippen molar-refractivity contribution in [1.82, 2.24) is 14.8 Å². The number of carbonyl (C=O) groups is 2. The van der Waals surface area contributed by atoms with E-state index in [0.29, 0.717) is 13.0 Å². The minimum absolute atomic E-state index is 0.0888. The molecule has 2 aliphatic rings. The Labute approximate surface area is 162 Å². The summed E-state index contributed by atoms with van der Waals surface area (Å²) < 4.78 is 1.01. The van der Waals surface area contributed by atoms with Crippen LogP contribution in [0.2, 0.25) is 0 Å². The molecule has 5 rings (SSSR count). The zero-order valence-corrected chi connectivity index (χ0v) is 16.4. The maximum Gasteiger partial charge on any atom is 0.328 e. The molecule has 2 aliphatic heterocycles. The van der Waals surface area contributed by atoms with Crippen molar-refractivity contribution in [3.63, 3.8) is 0 Å². The lowest BCUT2D eigenvalue weighted by Crippen LogP contribution is -2.43. The van der Waals surface area contributed by atoms with E-state index < -0.39 is 6.04 Å². The highest BCUT2D eigenvalue weighted by Gasteiger charge is 2.52. The number of aromatic nitrogens is 1. The Bertz CT molecular complexity index is 1060. The molecule has 5 nitrogen and oxygen atoms in total. The molecular weight excluding hydrogens is 414 g/mol. The molecule has 132 valence electrons. The predicted molar refractivity (Wildman–Crippen MR) is 104 cm³/mol. The molecule has 4 heterocycles. The monoisotopic (exact) mass is 429 g/mol. The molecule has 0 unspecified atom stereocenters. The fourth-order valence-electron chi connectivity index (χ4n) is 4.19. The summed E-state index contributed by atoms with van der Waals surface area (Å²) in [5.41, 5.74) is 3.22. The van der Waals surface area contributed by atoms with E-state index in [2.05, 4.69) is 27.0 Å². The molecule has 3 aromatic rings. The molecular formula is C19H16BrN3O2S. The Hall–Kier alpha value is -2.12. The molecule has 0 aliphatic carbocycles. The standard InChI is InChI=1S/C19H16BrN3O2S/c1-2-22-18(24)13-9-11-10-5-3-4-6-12(10)21-16(11)17(23(13)19(22)25)14-7-8-15(20)26-14/h3-8,13,17,21H,2,9H2,1H3/t13-,17+/m1/s1. The summed E-state index contributed by atoms with van der Waals surface area (Å²) in [5, 5.41) is 1.14. The number of H-pyrrole nitrogens is 1. The second kappa shape index (κ2) is 5.69. The molecule has 0 radical (unpaired) electrons. The summed E-state index contributed by atoms with van der Waals surface area (Å²) in [6.45, 7) is 2.25. The third kappa shape index (κ3) is 2.07. The van der Waals surface area contributed by atoms with Crippen LogP contribution < -0.4 is 0 Å². The van der Waals surface area contributed by atoms with Gasteiger partial charge < -0.3 is 4.98 Å². The van der Waals surface area contributed by atoms with E-state index in [9.17, 15) is 9.59 Å². The fourth-order valence-corrected chi connectivity index (χ4v) is 5.73. The van der Waals surface area contributed by atoms with Gasteiger partial charge in [-0.05, 0) is 46.6 Å². The molecule has 3 amide bonds. The number of hydrogen-bond acceptors (Lipinski definition) is 3. The largest absolute Gasteiger partial charge is 0.356 e. The van der Waals surface area contributed by atoms with Crippen LogP contribution in [0.25, 0.3) is 10.9 Å². The molecule has 2 atom stereocenters. The van der Waals surface area contributed by atoms with Crippen LogP contribution in [0.1, 0.15) is 29.1 Å². The number of fused-ring (bicyclic) bond motifs is 4. The summed E-state index contributed by atoms with van der Waals surface area (Å²) in [7, 11) is 0. The minimum atomic E-state index is -0.431. The quantitative estimate of drug-likeness (QED) is 0.617. The van der Waals surface area contributed by atoms with Crippen molar-refractivity contribution in [3.8, 4) is 0 Å². The van der Waals surface area contributed by atoms with Crippen LogP contribution in [0.5, 0.6) is 0 Å². The first-order valence-electron chi connectivity index (χ1n) is 8.58. The second-order valence-corrected chi connectivity index (χ2v) is 9.09. The Morgan fingerprint density at radius 2 is 2.04 bits per heavy atom. The minimum Gasteiger partial charge on any atom is -0.356 e. The first-order chi connectivity index (χ1) is 12.6. The fraction of sp³-hybridized carbons (Fsp3) is 0.263. The van der Waals surface area contributed by atoms with E-state index >= 15 is 0 Å². The Kier molecular flexibility index (Phi) is 3.52. The van der Waals surface area contributed by atoms with Crippen LogP contribution in [0.15, 0.2) is 40.2 Å². The van der Waals surface area contributed by atoms with E-state index in [1.807, 2.05) is 37.3 Å². The number of likely N-dealkylation sites (N-methyl/N-ethyl adjacent to an activating group) is 1. The molecule has 7 heteroatoms. The molecule has 1 fully saturated rings. The summed E-state index contributed by atoms with van der Waals surface area (Å²) in [6, 6.07) is 11.3. The number of rotatable bonds is 2. The van der Waals surface area contributed by atoms with Gasteiger partial charge >= 0.3 is 6.03 Å². The highest BCUT2D eigenvalue weighted by molar-refractivity contribution is 9.11. The SMILES string of the molecule is CCN1C(=O)[C@H]2Cc3c([nH]c4ccccc34)[C@H](c3ccc(Br)s3)N2C1=O. The molecule has 1 saturated heterocycles. The normalized spacial score (nSPS) is 22.2. The Morgan fingerprint density at radius 3 is 2.77 bits per heavy atom. The van der Waals surface area contributed by atoms with E-state index in [4.69, 9.17) is 0 Å². The number of halogens is 1. The van der Waals surface area contributed by atoms with Crippen LogP contribution in [-0.4, -0.2) is 39.3 Å². The third-order valence-corrected chi connectivity index (χ3v) is 6.99. The van der Waals surface area contributed by atoms with Crippen molar-refractivity contribution in [2.45, 2.75) is 25.4 Å². The Morgan fingerprint density at radius 1 is 1.23 bits per heavy atom. The number of amides is 3. The van der Waals surface area contributed by atoms with Gasteiger partial charge in [0.2, 0.25) is 0 Å². The van der Waals surface area contributed by atoms with Gasteiger partial charge in [-0.1, -0.05) is 18.2 Å². The molecule has 0 spiro atoms. The van der Waals surface area contributed by atoms with Crippen molar-refractivity contribution in [2.24, 2.45) is 0 Å². The summed E-state index contributed by atoms with van der Waals surface area (Å²) in [6.07, 6.45) is 0.559. The van der Waals surface area contributed by atoms with Gasteiger partial charge in [-0.3, -0.25) is 14.6 Å². The van der Waals surface area contributed by atoms with E-state index in [1.54, 1.807) is 16.2 Å². The number of benzene rings is 1. The van der Waals surface area contributed by atoms with Crippen molar-refractivity contribution < 1.29 is 9.59 Å². The van der Waals surface area contributed by atoms with Gasteiger partial charge in [0.25, 0.3) is 5.91 Å². The van der Waals surface area contributed by atoms with Crippen LogP contribution >= 0.6 is 27.3 Å². The molecule has 0 saturated carbocycles. The lowest BCUT2D eigenvalue weighted by molar-refractivity contribution is -0.128. The zero-order valence-electron chi connectivity index (χ0n) is 14.0. The lowest BCUT2D eigenvalue weighted by Gasteiger charge is -2.35. The predicted octanol–water partition coefficient (Wildman–Crippen LogP) is 4.29. The van der Waals surface area contributed by atoms with Gasteiger partial charge in [-0.2, -0.15) is 0 Å². The maximum atomic E-state index is 13.0. The number of nitrogens with zero attached hydrogens (tertiary/aromatic N) is 2. The van der Waals surface area contributed by atoms with E-state index in [1.165, 1.54) is 4.90 Å². The summed E-state index contributed by atoms with van der Waals surface area (Å²) >= 11 is 5.13. The van der Waals surface area contributed by atoms with Crippen LogP contribution in [0.3, 0.4) is 0 Å². The van der Waals surface area contributed by atoms with E-state index in [0.717, 1.165) is 30.8 Å². The number of para-hydroxylation sites is 1. The van der Waals surface area contributed by atoms with Crippen molar-refractivity contribution in [3.05, 3.63) is 56.3 Å². The van der Waals surface area contributed by atoms with Gasteiger partial charge in [-0.25, -0.2) is 4.79 Å². The Balaban J connectivity index is 1.76. The van der Waals surface area contributed by atoms with Crippen molar-refractivity contribution in [1.29, 1.82) is 0 Å². The van der Waals surface area contributed by atoms with Gasteiger partial charge in [0.15, 0.2) is 0 Å². The highest BCUT2D eigenvalue weighted by atomic mass is 79.9. The zero-order chi connectivity index (χ0) is 18.0.